The van der Waals surface area contributed by atoms with E-state index in [2.05, 4.69) is 108 Å². The first-order valence-corrected chi connectivity index (χ1v) is 14.4. The minimum Gasteiger partial charge on any atom is -0.456 e. The predicted octanol–water partition coefficient (Wildman–Crippen LogP) is 10.6. The van der Waals surface area contributed by atoms with E-state index in [1.165, 1.54) is 26.5 Å². The van der Waals surface area contributed by atoms with Crippen molar-refractivity contribution in [3.05, 3.63) is 127 Å². The highest BCUT2D eigenvalue weighted by Crippen LogP contribution is 2.47. The molecule has 0 aliphatic rings. The van der Waals surface area contributed by atoms with Crippen LogP contribution in [-0.4, -0.2) is 4.57 Å². The zero-order valence-corrected chi connectivity index (χ0v) is 22.6. The molecule has 41 heavy (non-hydrogen) atoms. The van der Waals surface area contributed by atoms with E-state index in [0.29, 0.717) is 5.56 Å². The van der Waals surface area contributed by atoms with E-state index in [0.717, 1.165) is 54.2 Å². The molecule has 0 N–H and O–H groups in total. The summed E-state index contributed by atoms with van der Waals surface area (Å²) < 4.78 is 10.8. The van der Waals surface area contributed by atoms with Crippen molar-refractivity contribution in [1.29, 1.82) is 5.26 Å². The highest BCUT2D eigenvalue weighted by atomic mass is 32.1. The molecular weight excluding hydrogens is 520 g/mol. The first kappa shape index (κ1) is 22.4. The summed E-state index contributed by atoms with van der Waals surface area (Å²) in [6.45, 7) is 0. The number of furan rings is 1. The fourth-order valence-electron chi connectivity index (χ4n) is 6.56. The van der Waals surface area contributed by atoms with Crippen LogP contribution in [0.2, 0.25) is 0 Å². The molecule has 0 fully saturated rings. The smallest absolute Gasteiger partial charge is 0.136 e. The lowest BCUT2D eigenvalue weighted by atomic mass is 9.94. The fraction of sp³-hybridized carbons (Fsp3) is 0. The first-order chi connectivity index (χ1) is 20.3. The van der Waals surface area contributed by atoms with Gasteiger partial charge in [0.2, 0.25) is 0 Å². The van der Waals surface area contributed by atoms with Gasteiger partial charge in [0.25, 0.3) is 0 Å². The number of nitrogens with zero attached hydrogens (tertiary/aromatic N) is 2. The van der Waals surface area contributed by atoms with Gasteiger partial charge in [0.05, 0.1) is 31.7 Å². The summed E-state index contributed by atoms with van der Waals surface area (Å²) in [5.74, 6) is 0. The van der Waals surface area contributed by atoms with Crippen molar-refractivity contribution < 1.29 is 4.42 Å². The summed E-state index contributed by atoms with van der Waals surface area (Å²) in [4.78, 5) is 0. The molecule has 0 bridgehead atoms. The molecule has 9 aromatic rings. The van der Waals surface area contributed by atoms with Crippen molar-refractivity contribution in [2.45, 2.75) is 0 Å². The molecule has 3 nitrogen and oxygen atoms in total. The van der Waals surface area contributed by atoms with Gasteiger partial charge in [0.15, 0.2) is 0 Å². The molecule has 0 saturated heterocycles. The van der Waals surface area contributed by atoms with Gasteiger partial charge in [-0.2, -0.15) is 5.26 Å². The monoisotopic (exact) mass is 540 g/mol. The van der Waals surface area contributed by atoms with Crippen LogP contribution in [0.15, 0.2) is 126 Å². The van der Waals surface area contributed by atoms with E-state index in [-0.39, 0.29) is 0 Å². The van der Waals surface area contributed by atoms with Crippen LogP contribution in [0.1, 0.15) is 5.56 Å². The van der Waals surface area contributed by atoms with Crippen LogP contribution in [0.5, 0.6) is 0 Å². The lowest BCUT2D eigenvalue weighted by molar-refractivity contribution is 0.669. The Kier molecular flexibility index (Phi) is 4.55. The number of fused-ring (bicyclic) bond motifs is 9. The number of hydrogen-bond donors (Lipinski definition) is 0. The Labute approximate surface area is 238 Å². The molecule has 0 aliphatic heterocycles. The van der Waals surface area contributed by atoms with E-state index >= 15 is 0 Å². The van der Waals surface area contributed by atoms with Crippen LogP contribution < -0.4 is 0 Å². The minimum absolute atomic E-state index is 0.697. The van der Waals surface area contributed by atoms with Crippen LogP contribution in [0.3, 0.4) is 0 Å². The summed E-state index contributed by atoms with van der Waals surface area (Å²) in [5, 5.41) is 17.1. The standard InChI is InChI=1S/C37H20N2OS/c38-21-22-19-20-26(25-12-8-18-33-34(25)27-11-3-6-17-32(27)40-33)35-28-13-7-16-31(37(28)41-36(22)35)39-29-14-4-1-9-23(29)24-10-2-5-15-30(24)39/h1-20H. The van der Waals surface area contributed by atoms with Gasteiger partial charge in [-0.15, -0.1) is 11.3 Å². The third kappa shape index (κ3) is 3.01. The Morgan fingerprint density at radius 2 is 1.17 bits per heavy atom. The highest BCUT2D eigenvalue weighted by Gasteiger charge is 2.21. The quantitative estimate of drug-likeness (QED) is 0.219. The third-order valence-corrected chi connectivity index (χ3v) is 9.52. The predicted molar refractivity (Wildman–Crippen MR) is 171 cm³/mol. The van der Waals surface area contributed by atoms with E-state index in [1.807, 2.05) is 24.3 Å². The number of rotatable bonds is 2. The summed E-state index contributed by atoms with van der Waals surface area (Å²) in [6.07, 6.45) is 0. The average Bonchev–Trinajstić information content (AvgIpc) is 3.70. The molecule has 3 heterocycles. The topological polar surface area (TPSA) is 41.9 Å². The highest BCUT2D eigenvalue weighted by molar-refractivity contribution is 7.26. The van der Waals surface area contributed by atoms with Crippen LogP contribution in [0, 0.1) is 11.3 Å². The average molecular weight is 541 g/mol. The van der Waals surface area contributed by atoms with Gasteiger partial charge in [-0.3, -0.25) is 0 Å². The zero-order valence-electron chi connectivity index (χ0n) is 21.8. The second-order valence-corrected chi connectivity index (χ2v) is 11.4. The van der Waals surface area contributed by atoms with Gasteiger partial charge < -0.3 is 8.98 Å². The molecular formula is C37H20N2OS. The lowest BCUT2D eigenvalue weighted by Gasteiger charge is -2.10. The van der Waals surface area contributed by atoms with E-state index in [9.17, 15) is 5.26 Å². The molecule has 6 aromatic carbocycles. The molecule has 0 radical (unpaired) electrons. The first-order valence-electron chi connectivity index (χ1n) is 13.6. The Bertz CT molecular complexity index is 2500. The lowest BCUT2D eigenvalue weighted by Crippen LogP contribution is -1.93. The summed E-state index contributed by atoms with van der Waals surface area (Å²) in [7, 11) is 0. The largest absolute Gasteiger partial charge is 0.456 e. The van der Waals surface area contributed by atoms with Crippen molar-refractivity contribution in [2.75, 3.05) is 0 Å². The Balaban J connectivity index is 1.43. The number of para-hydroxylation sites is 3. The second kappa shape index (κ2) is 8.32. The van der Waals surface area contributed by atoms with Crippen LogP contribution in [0.4, 0.5) is 0 Å². The molecule has 3 aromatic heterocycles. The number of benzene rings is 6. The maximum atomic E-state index is 10.2. The van der Waals surface area contributed by atoms with Crippen molar-refractivity contribution in [1.82, 2.24) is 4.57 Å². The molecule has 0 atom stereocenters. The molecule has 9 rings (SSSR count). The van der Waals surface area contributed by atoms with Crippen molar-refractivity contribution in [3.63, 3.8) is 0 Å². The Morgan fingerprint density at radius 1 is 0.537 bits per heavy atom. The summed E-state index contributed by atoms with van der Waals surface area (Å²) in [6, 6.07) is 44.7. The Hall–Kier alpha value is -5.37. The van der Waals surface area contributed by atoms with Crippen LogP contribution in [0.25, 0.3) is 80.7 Å². The Morgan fingerprint density at radius 3 is 1.95 bits per heavy atom. The fourth-order valence-corrected chi connectivity index (χ4v) is 7.85. The maximum Gasteiger partial charge on any atom is 0.136 e. The van der Waals surface area contributed by atoms with Crippen molar-refractivity contribution in [3.8, 4) is 22.9 Å². The number of thiophene rings is 1. The van der Waals surface area contributed by atoms with Crippen molar-refractivity contribution >= 4 is 75.3 Å². The molecule has 0 saturated carbocycles. The molecule has 0 aliphatic carbocycles. The maximum absolute atomic E-state index is 10.2. The third-order valence-electron chi connectivity index (χ3n) is 8.26. The van der Waals surface area contributed by atoms with Gasteiger partial charge in [-0.1, -0.05) is 84.9 Å². The molecule has 190 valence electrons. The van der Waals surface area contributed by atoms with Crippen LogP contribution >= 0.6 is 11.3 Å². The molecule has 4 heteroatoms. The van der Waals surface area contributed by atoms with Gasteiger partial charge in [-0.25, -0.2) is 0 Å². The van der Waals surface area contributed by atoms with E-state index in [4.69, 9.17) is 4.42 Å². The SMILES string of the molecule is N#Cc1ccc(-c2cccc3oc4ccccc4c23)c2c1sc1c(-n3c4ccccc4c4ccccc43)cccc12. The van der Waals surface area contributed by atoms with Gasteiger partial charge in [-0.05, 0) is 47.5 Å². The van der Waals surface area contributed by atoms with Gasteiger partial charge in [0, 0.05) is 32.3 Å². The molecule has 0 unspecified atom stereocenters. The van der Waals surface area contributed by atoms with Crippen LogP contribution in [-0.2, 0) is 0 Å². The van der Waals surface area contributed by atoms with Crippen molar-refractivity contribution in [2.24, 2.45) is 0 Å². The number of hydrogen-bond acceptors (Lipinski definition) is 3. The summed E-state index contributed by atoms with van der Waals surface area (Å²) >= 11 is 1.71. The number of aromatic nitrogens is 1. The van der Waals surface area contributed by atoms with Gasteiger partial charge in [0.1, 0.15) is 17.2 Å². The molecule has 0 amide bonds. The van der Waals surface area contributed by atoms with Gasteiger partial charge >= 0.3 is 0 Å². The second-order valence-electron chi connectivity index (χ2n) is 10.4. The zero-order chi connectivity index (χ0) is 27.1. The number of nitriles is 1. The summed E-state index contributed by atoms with van der Waals surface area (Å²) in [5.41, 5.74) is 8.15. The normalized spacial score (nSPS) is 11.9. The minimum atomic E-state index is 0.697. The van der Waals surface area contributed by atoms with E-state index < -0.39 is 0 Å². The molecule has 0 spiro atoms. The van der Waals surface area contributed by atoms with E-state index in [1.54, 1.807) is 11.3 Å².